The van der Waals surface area contributed by atoms with Crippen molar-refractivity contribution in [3.63, 3.8) is 0 Å². The van der Waals surface area contributed by atoms with Crippen LogP contribution < -0.4 is 0 Å². The summed E-state index contributed by atoms with van der Waals surface area (Å²) < 4.78 is 23.8. The zero-order valence-electron chi connectivity index (χ0n) is 6.71. The Balaban J connectivity index is 2.65. The molecule has 0 spiro atoms. The number of benzene rings is 1. The highest BCUT2D eigenvalue weighted by Gasteiger charge is 2.04. The Kier molecular flexibility index (Phi) is 3.71. The van der Waals surface area contributed by atoms with E-state index in [-0.39, 0.29) is 0 Å². The summed E-state index contributed by atoms with van der Waals surface area (Å²) in [6, 6.07) is 6.61. The van der Waals surface area contributed by atoms with Crippen molar-refractivity contribution >= 4 is 11.8 Å². The first kappa shape index (κ1) is 10.0. The molecule has 1 aromatic carbocycles. The minimum Gasteiger partial charge on any atom is -0.312 e. The summed E-state index contributed by atoms with van der Waals surface area (Å²) in [7, 11) is 0. The third kappa shape index (κ3) is 3.43. The monoisotopic (exact) mass is 199 g/mol. The van der Waals surface area contributed by atoms with Crippen molar-refractivity contribution in [2.75, 3.05) is 0 Å². The smallest absolute Gasteiger partial charge is 0.288 e. The molecule has 0 saturated carbocycles. The largest absolute Gasteiger partial charge is 0.312 e. The van der Waals surface area contributed by atoms with E-state index < -0.39 is 5.76 Å². The van der Waals surface area contributed by atoms with Gasteiger partial charge in [-0.25, -0.2) is 6.57 Å². The van der Waals surface area contributed by atoms with E-state index >= 15 is 0 Å². The van der Waals surface area contributed by atoms with E-state index in [1.807, 2.05) is 0 Å². The molecule has 0 aliphatic rings. The molecule has 4 heteroatoms. The second kappa shape index (κ2) is 4.83. The molecule has 0 amide bonds. The Morgan fingerprint density at radius 1 is 1.31 bits per heavy atom. The van der Waals surface area contributed by atoms with Gasteiger partial charge in [-0.15, -0.1) is 0 Å². The molecule has 13 heavy (non-hydrogen) atoms. The van der Waals surface area contributed by atoms with Gasteiger partial charge in [0.2, 0.25) is 6.54 Å². The number of halogens is 2. The van der Waals surface area contributed by atoms with Crippen LogP contribution in [0.25, 0.3) is 4.85 Å². The van der Waals surface area contributed by atoms with Gasteiger partial charge in [-0.3, -0.25) is 0 Å². The van der Waals surface area contributed by atoms with Crippen LogP contribution in [0.1, 0.15) is 5.56 Å². The summed E-state index contributed by atoms with van der Waals surface area (Å²) in [5.41, 5.74) is 0.855. The lowest BCUT2D eigenvalue weighted by atomic mass is 10.2. The maximum Gasteiger partial charge on any atom is 0.288 e. The summed E-state index contributed by atoms with van der Waals surface area (Å²) in [6.07, 6.45) is 0. The molecule has 1 rings (SSSR count). The van der Waals surface area contributed by atoms with Gasteiger partial charge in [-0.2, -0.15) is 8.78 Å². The number of nitrogens with zero attached hydrogens (tertiary/aromatic N) is 1. The second-order valence-corrected chi connectivity index (χ2v) is 3.40. The zero-order valence-corrected chi connectivity index (χ0v) is 7.52. The fourth-order valence-corrected chi connectivity index (χ4v) is 1.37. The number of thioether (sulfide) groups is 1. The summed E-state index contributed by atoms with van der Waals surface area (Å²) in [4.78, 5) is 3.72. The second-order valence-electron chi connectivity index (χ2n) is 2.34. The van der Waals surface area contributed by atoms with E-state index in [2.05, 4.69) is 4.85 Å². The fourth-order valence-electron chi connectivity index (χ4n) is 0.868. The lowest BCUT2D eigenvalue weighted by Gasteiger charge is -1.99. The van der Waals surface area contributed by atoms with Crippen molar-refractivity contribution in [2.45, 2.75) is 17.2 Å². The molecule has 0 atom stereocenters. The average Bonchev–Trinajstić information content (AvgIpc) is 2.08. The van der Waals surface area contributed by atoms with E-state index in [9.17, 15) is 8.78 Å². The van der Waals surface area contributed by atoms with E-state index in [0.29, 0.717) is 23.2 Å². The first-order valence-corrected chi connectivity index (χ1v) is 4.47. The number of hydrogen-bond acceptors (Lipinski definition) is 1. The summed E-state index contributed by atoms with van der Waals surface area (Å²) >= 11 is 0.514. The van der Waals surface area contributed by atoms with E-state index in [0.717, 1.165) is 5.56 Å². The molecule has 0 N–H and O–H groups in total. The predicted octanol–water partition coefficient (Wildman–Crippen LogP) is 3.42. The molecule has 0 fully saturated rings. The van der Waals surface area contributed by atoms with Gasteiger partial charge < -0.3 is 4.85 Å². The van der Waals surface area contributed by atoms with Crippen molar-refractivity contribution in [1.82, 2.24) is 0 Å². The molecular formula is C9H7F2NS. The topological polar surface area (TPSA) is 4.36 Å². The molecule has 1 nitrogen and oxygen atoms in total. The summed E-state index contributed by atoms with van der Waals surface area (Å²) in [5.74, 6) is -2.38. The highest BCUT2D eigenvalue weighted by Crippen LogP contribution is 2.25. The molecule has 0 aromatic heterocycles. The maximum atomic E-state index is 11.9. The van der Waals surface area contributed by atoms with Crippen LogP contribution in [0.15, 0.2) is 29.2 Å². The van der Waals surface area contributed by atoms with Crippen LogP contribution in [0.3, 0.4) is 0 Å². The van der Waals surface area contributed by atoms with Crippen LogP contribution in [-0.2, 0) is 6.54 Å². The Hall–Kier alpha value is -1.08. The van der Waals surface area contributed by atoms with Gasteiger partial charge in [0.05, 0.1) is 0 Å². The number of alkyl halides is 2. The molecule has 0 unspecified atom stereocenters. The quantitative estimate of drug-likeness (QED) is 0.533. The Labute approximate surface area is 79.6 Å². The number of hydrogen-bond donors (Lipinski definition) is 0. The van der Waals surface area contributed by atoms with Crippen LogP contribution in [-0.4, -0.2) is 5.76 Å². The first-order chi connectivity index (χ1) is 6.22. The van der Waals surface area contributed by atoms with Crippen molar-refractivity contribution in [2.24, 2.45) is 0 Å². The van der Waals surface area contributed by atoms with Gasteiger partial charge >= 0.3 is 0 Å². The Morgan fingerprint density at radius 3 is 2.38 bits per heavy atom. The molecule has 68 valence electrons. The predicted molar refractivity (Wildman–Crippen MR) is 48.6 cm³/mol. The molecule has 1 aromatic rings. The highest BCUT2D eigenvalue weighted by molar-refractivity contribution is 7.99. The van der Waals surface area contributed by atoms with Crippen molar-refractivity contribution in [1.29, 1.82) is 0 Å². The first-order valence-electron chi connectivity index (χ1n) is 3.59. The molecule has 0 heterocycles. The summed E-state index contributed by atoms with van der Waals surface area (Å²) in [6.45, 7) is 6.91. The number of rotatable bonds is 3. The van der Waals surface area contributed by atoms with Crippen molar-refractivity contribution < 1.29 is 8.78 Å². The van der Waals surface area contributed by atoms with Crippen molar-refractivity contribution in [3.8, 4) is 0 Å². The SMILES string of the molecule is [C-]#[N+]Cc1ccc(SC(F)F)cc1. The van der Waals surface area contributed by atoms with Gasteiger partial charge in [0.25, 0.3) is 5.76 Å². The van der Waals surface area contributed by atoms with Gasteiger partial charge in [-0.05, 0) is 12.1 Å². The van der Waals surface area contributed by atoms with Crippen LogP contribution in [0, 0.1) is 6.57 Å². The third-order valence-electron chi connectivity index (χ3n) is 1.41. The summed E-state index contributed by atoms with van der Waals surface area (Å²) in [5, 5.41) is 0. The van der Waals surface area contributed by atoms with Crippen LogP contribution in [0.5, 0.6) is 0 Å². The highest BCUT2D eigenvalue weighted by atomic mass is 32.2. The molecular weight excluding hydrogens is 192 g/mol. The Bertz CT molecular complexity index is 302. The van der Waals surface area contributed by atoms with Crippen molar-refractivity contribution in [3.05, 3.63) is 41.2 Å². The van der Waals surface area contributed by atoms with Gasteiger partial charge in [0.1, 0.15) is 0 Å². The van der Waals surface area contributed by atoms with E-state index in [1.165, 1.54) is 0 Å². The Morgan fingerprint density at radius 2 is 1.92 bits per heavy atom. The standard InChI is InChI=1S/C9H7F2NS/c1-12-6-7-2-4-8(5-3-7)13-9(10)11/h2-5,9H,6H2. The van der Waals surface area contributed by atoms with Gasteiger partial charge in [0, 0.05) is 10.5 Å². The maximum absolute atomic E-state index is 11.9. The van der Waals surface area contributed by atoms with E-state index in [4.69, 9.17) is 6.57 Å². The molecule has 0 aliphatic heterocycles. The van der Waals surface area contributed by atoms with E-state index in [1.54, 1.807) is 24.3 Å². The van der Waals surface area contributed by atoms with Crippen LogP contribution >= 0.6 is 11.8 Å². The van der Waals surface area contributed by atoms with Gasteiger partial charge in [0.15, 0.2) is 0 Å². The molecule has 0 saturated heterocycles. The molecule has 0 aliphatic carbocycles. The van der Waals surface area contributed by atoms with Gasteiger partial charge in [-0.1, -0.05) is 23.9 Å². The average molecular weight is 199 g/mol. The minimum atomic E-state index is -2.38. The lowest BCUT2D eigenvalue weighted by Crippen LogP contribution is -1.83. The minimum absolute atomic E-state index is 0.305. The van der Waals surface area contributed by atoms with Crippen LogP contribution in [0.4, 0.5) is 8.78 Å². The lowest BCUT2D eigenvalue weighted by molar-refractivity contribution is 0.252. The molecule has 0 bridgehead atoms. The fraction of sp³-hybridized carbons (Fsp3) is 0.222. The molecule has 0 radical (unpaired) electrons. The third-order valence-corrected chi connectivity index (χ3v) is 2.13. The zero-order chi connectivity index (χ0) is 9.68. The van der Waals surface area contributed by atoms with Crippen LogP contribution in [0.2, 0.25) is 0 Å². The normalized spacial score (nSPS) is 10.0.